The van der Waals surface area contributed by atoms with Crippen LogP contribution in [0.1, 0.15) is 25.2 Å². The summed E-state index contributed by atoms with van der Waals surface area (Å²) in [6, 6.07) is 15.4. The molecule has 2 heterocycles. The largest absolute Gasteiger partial charge is 0.322 e. The lowest BCUT2D eigenvalue weighted by molar-refractivity contribution is -0.125. The molecule has 7 nitrogen and oxygen atoms in total. The standard InChI is InChI=1S/C22H23N5O2S/c1-14-9-11-16(12-10-14)26-15(2)24-25-21(26)30-13-19(28)27-18-8-6-5-7-17(18)23-20(29)22(27,3)4/h5-12H,13H2,1-4H3,(H,23,29). The lowest BCUT2D eigenvalue weighted by atomic mass is 9.96. The molecule has 0 saturated carbocycles. The Morgan fingerprint density at radius 1 is 1.07 bits per heavy atom. The maximum atomic E-state index is 13.3. The lowest BCUT2D eigenvalue weighted by Gasteiger charge is -2.42. The second-order valence-electron chi connectivity index (χ2n) is 7.75. The number of rotatable bonds is 4. The first-order valence-corrected chi connectivity index (χ1v) is 10.6. The third kappa shape index (κ3) is 3.47. The number of fused-ring (bicyclic) bond motifs is 1. The monoisotopic (exact) mass is 421 g/mol. The zero-order chi connectivity index (χ0) is 21.5. The number of hydrogen-bond acceptors (Lipinski definition) is 5. The second-order valence-corrected chi connectivity index (χ2v) is 8.69. The smallest absolute Gasteiger partial charge is 0.250 e. The average molecular weight is 422 g/mol. The van der Waals surface area contributed by atoms with E-state index in [9.17, 15) is 9.59 Å². The molecular formula is C22H23N5O2S. The number of anilines is 2. The molecule has 0 aliphatic carbocycles. The molecule has 1 aliphatic rings. The molecule has 0 spiro atoms. The number of aromatic nitrogens is 3. The summed E-state index contributed by atoms with van der Waals surface area (Å²) in [5, 5.41) is 12.0. The van der Waals surface area contributed by atoms with E-state index >= 15 is 0 Å². The highest BCUT2D eigenvalue weighted by Gasteiger charge is 2.43. The van der Waals surface area contributed by atoms with Crippen molar-refractivity contribution < 1.29 is 9.59 Å². The Hall–Kier alpha value is -3.13. The Morgan fingerprint density at radius 2 is 1.77 bits per heavy atom. The molecule has 2 aromatic carbocycles. The Balaban J connectivity index is 1.60. The van der Waals surface area contributed by atoms with Crippen LogP contribution in [0.15, 0.2) is 53.7 Å². The maximum absolute atomic E-state index is 13.3. The van der Waals surface area contributed by atoms with Gasteiger partial charge in [0.15, 0.2) is 5.16 Å². The minimum atomic E-state index is -0.994. The summed E-state index contributed by atoms with van der Waals surface area (Å²) in [6.45, 7) is 7.41. The highest BCUT2D eigenvalue weighted by atomic mass is 32.2. The van der Waals surface area contributed by atoms with E-state index in [1.54, 1.807) is 24.8 Å². The molecule has 4 rings (SSSR count). The Morgan fingerprint density at radius 3 is 2.50 bits per heavy atom. The molecule has 154 valence electrons. The fourth-order valence-electron chi connectivity index (χ4n) is 3.52. The first-order chi connectivity index (χ1) is 14.3. The summed E-state index contributed by atoms with van der Waals surface area (Å²) in [4.78, 5) is 27.4. The van der Waals surface area contributed by atoms with E-state index in [4.69, 9.17) is 0 Å². The summed E-state index contributed by atoms with van der Waals surface area (Å²) >= 11 is 1.31. The number of carbonyl (C=O) groups is 2. The van der Waals surface area contributed by atoms with Crippen molar-refractivity contribution in [2.75, 3.05) is 16.0 Å². The quantitative estimate of drug-likeness (QED) is 0.649. The summed E-state index contributed by atoms with van der Waals surface area (Å²) < 4.78 is 1.93. The summed E-state index contributed by atoms with van der Waals surface area (Å²) in [7, 11) is 0. The Labute approximate surface area is 179 Å². The van der Waals surface area contributed by atoms with E-state index in [-0.39, 0.29) is 17.6 Å². The number of hydrogen-bond donors (Lipinski definition) is 1. The normalized spacial score (nSPS) is 14.9. The van der Waals surface area contributed by atoms with Crippen LogP contribution in [0.3, 0.4) is 0 Å². The third-order valence-corrected chi connectivity index (χ3v) is 6.08. The number of para-hydroxylation sites is 2. The van der Waals surface area contributed by atoms with Gasteiger partial charge in [-0.15, -0.1) is 10.2 Å². The van der Waals surface area contributed by atoms with E-state index in [2.05, 4.69) is 15.5 Å². The van der Waals surface area contributed by atoms with Crippen LogP contribution in [0, 0.1) is 13.8 Å². The fourth-order valence-corrected chi connectivity index (χ4v) is 4.36. The molecule has 0 saturated heterocycles. The van der Waals surface area contributed by atoms with Crippen molar-refractivity contribution in [2.45, 2.75) is 38.4 Å². The van der Waals surface area contributed by atoms with Crippen molar-refractivity contribution in [1.29, 1.82) is 0 Å². The van der Waals surface area contributed by atoms with Crippen LogP contribution in [0.2, 0.25) is 0 Å². The highest BCUT2D eigenvalue weighted by molar-refractivity contribution is 7.99. The molecule has 0 fully saturated rings. The van der Waals surface area contributed by atoms with Gasteiger partial charge in [-0.25, -0.2) is 0 Å². The zero-order valence-electron chi connectivity index (χ0n) is 17.3. The number of amides is 2. The van der Waals surface area contributed by atoms with Gasteiger partial charge in [-0.1, -0.05) is 41.6 Å². The van der Waals surface area contributed by atoms with E-state index in [1.165, 1.54) is 11.8 Å². The van der Waals surface area contributed by atoms with Gasteiger partial charge in [-0.2, -0.15) is 0 Å². The average Bonchev–Trinajstić information content (AvgIpc) is 3.08. The molecule has 0 radical (unpaired) electrons. The van der Waals surface area contributed by atoms with Crippen molar-refractivity contribution >= 4 is 35.0 Å². The third-order valence-electron chi connectivity index (χ3n) is 5.17. The first-order valence-electron chi connectivity index (χ1n) is 9.64. The van der Waals surface area contributed by atoms with Crippen LogP contribution >= 0.6 is 11.8 Å². The molecule has 8 heteroatoms. The van der Waals surface area contributed by atoms with Gasteiger partial charge < -0.3 is 5.32 Å². The number of aryl methyl sites for hydroxylation is 2. The molecule has 0 atom stereocenters. The van der Waals surface area contributed by atoms with Gasteiger partial charge in [0, 0.05) is 5.69 Å². The van der Waals surface area contributed by atoms with Crippen LogP contribution in [-0.4, -0.2) is 37.9 Å². The van der Waals surface area contributed by atoms with Gasteiger partial charge in [-0.3, -0.25) is 19.1 Å². The van der Waals surface area contributed by atoms with E-state index in [0.717, 1.165) is 17.1 Å². The van der Waals surface area contributed by atoms with E-state index in [1.807, 2.05) is 60.9 Å². The summed E-state index contributed by atoms with van der Waals surface area (Å²) in [5.74, 6) is 0.508. The molecule has 0 bridgehead atoms. The predicted molar refractivity (Wildman–Crippen MR) is 118 cm³/mol. The fraction of sp³-hybridized carbons (Fsp3) is 0.273. The van der Waals surface area contributed by atoms with Crippen LogP contribution in [0.25, 0.3) is 5.69 Å². The van der Waals surface area contributed by atoms with Gasteiger partial charge in [0.1, 0.15) is 11.4 Å². The van der Waals surface area contributed by atoms with Crippen molar-refractivity contribution in [3.8, 4) is 5.69 Å². The van der Waals surface area contributed by atoms with Crippen LogP contribution in [0.4, 0.5) is 11.4 Å². The molecule has 1 aliphatic heterocycles. The van der Waals surface area contributed by atoms with Crippen LogP contribution in [-0.2, 0) is 9.59 Å². The summed E-state index contributed by atoms with van der Waals surface area (Å²) in [5.41, 5.74) is 2.45. The van der Waals surface area contributed by atoms with E-state index < -0.39 is 5.54 Å². The maximum Gasteiger partial charge on any atom is 0.250 e. The number of nitrogens with one attached hydrogen (secondary N) is 1. The highest BCUT2D eigenvalue weighted by Crippen LogP contribution is 2.37. The predicted octanol–water partition coefficient (Wildman–Crippen LogP) is 3.74. The van der Waals surface area contributed by atoms with Crippen LogP contribution < -0.4 is 10.2 Å². The van der Waals surface area contributed by atoms with Gasteiger partial charge >= 0.3 is 0 Å². The molecule has 1 aromatic heterocycles. The lowest BCUT2D eigenvalue weighted by Crippen LogP contribution is -2.59. The minimum Gasteiger partial charge on any atom is -0.322 e. The van der Waals surface area contributed by atoms with Crippen molar-refractivity contribution in [3.63, 3.8) is 0 Å². The number of nitrogens with zero attached hydrogens (tertiary/aromatic N) is 4. The van der Waals surface area contributed by atoms with Gasteiger partial charge in [0.25, 0.3) is 0 Å². The molecule has 1 N–H and O–H groups in total. The summed E-state index contributed by atoms with van der Waals surface area (Å²) in [6.07, 6.45) is 0. The topological polar surface area (TPSA) is 80.1 Å². The first kappa shape index (κ1) is 20.2. The van der Waals surface area contributed by atoms with Crippen LogP contribution in [0.5, 0.6) is 0 Å². The zero-order valence-corrected chi connectivity index (χ0v) is 18.2. The van der Waals surface area contributed by atoms with Crippen molar-refractivity contribution in [1.82, 2.24) is 14.8 Å². The van der Waals surface area contributed by atoms with Crippen molar-refractivity contribution in [3.05, 3.63) is 59.9 Å². The van der Waals surface area contributed by atoms with Gasteiger partial charge in [-0.05, 0) is 52.0 Å². The molecular weight excluding hydrogens is 398 g/mol. The molecule has 3 aromatic rings. The molecule has 2 amide bonds. The number of thioether (sulfide) groups is 1. The van der Waals surface area contributed by atoms with Gasteiger partial charge in [0.05, 0.1) is 17.1 Å². The number of carbonyl (C=O) groups excluding carboxylic acids is 2. The minimum absolute atomic E-state index is 0.134. The van der Waals surface area contributed by atoms with Gasteiger partial charge in [0.2, 0.25) is 11.8 Å². The molecule has 0 unspecified atom stereocenters. The SMILES string of the molecule is Cc1ccc(-n2c(C)nnc2SCC(=O)N2c3ccccc3NC(=O)C2(C)C)cc1. The Bertz CT molecular complexity index is 1120. The second kappa shape index (κ2) is 7.60. The van der Waals surface area contributed by atoms with Crippen molar-refractivity contribution in [2.24, 2.45) is 0 Å². The number of benzene rings is 2. The molecule has 30 heavy (non-hydrogen) atoms. The Kier molecular flexibility index (Phi) is 5.11. The van der Waals surface area contributed by atoms with E-state index in [0.29, 0.717) is 16.5 Å².